The first-order valence-corrected chi connectivity index (χ1v) is 8.68. The van der Waals surface area contributed by atoms with Crippen LogP contribution in [-0.4, -0.2) is 35.1 Å². The summed E-state index contributed by atoms with van der Waals surface area (Å²) in [5.74, 6) is 0. The van der Waals surface area contributed by atoms with Gasteiger partial charge in [0.2, 0.25) is 0 Å². The van der Waals surface area contributed by atoms with Crippen LogP contribution >= 0.6 is 0 Å². The molecule has 0 aromatic heterocycles. The first-order valence-electron chi connectivity index (χ1n) is 1.81. The summed E-state index contributed by atoms with van der Waals surface area (Å²) >= 11 is 2.40. The molecule has 0 saturated heterocycles. The molecule has 0 aliphatic carbocycles. The molecule has 2 heteroatoms. The van der Waals surface area contributed by atoms with Crippen LogP contribution in [0.25, 0.3) is 0 Å². The molecule has 0 fully saturated rings. The second-order valence-corrected chi connectivity index (χ2v) is 5.22. The van der Waals surface area contributed by atoms with Crippen molar-refractivity contribution in [1.29, 1.82) is 0 Å². The van der Waals surface area contributed by atoms with Crippen molar-refractivity contribution >= 4 is 35.1 Å². The molecule has 0 heterocycles. The van der Waals surface area contributed by atoms with E-state index >= 15 is 0 Å². The van der Waals surface area contributed by atoms with Gasteiger partial charge in [0.25, 0.3) is 0 Å². The number of rotatable bonds is 1. The van der Waals surface area contributed by atoms with E-state index < -0.39 is 0 Å². The Bertz CT molecular complexity index is 54.6. The monoisotopic (exact) mass is 209 g/mol. The van der Waals surface area contributed by atoms with Gasteiger partial charge in [0, 0.05) is 0 Å². The average molecular weight is 207 g/mol. The van der Waals surface area contributed by atoms with Crippen LogP contribution in [0.3, 0.4) is 0 Å². The molecule has 0 nitrogen and oxygen atoms in total. The Balaban J connectivity index is 3.14. The van der Waals surface area contributed by atoms with Gasteiger partial charge in [-0.2, -0.15) is 0 Å². The summed E-state index contributed by atoms with van der Waals surface area (Å²) < 4.78 is 2.35. The van der Waals surface area contributed by atoms with Crippen molar-refractivity contribution in [3.63, 3.8) is 0 Å². The van der Waals surface area contributed by atoms with Crippen molar-refractivity contribution < 1.29 is 0 Å². The minimum atomic E-state index is 0.294. The van der Waals surface area contributed by atoms with Crippen LogP contribution in [-0.2, 0) is 0 Å². The van der Waals surface area contributed by atoms with Crippen molar-refractivity contribution in [3.05, 3.63) is 9.70 Å². The SMILES string of the molecule is CC(C)=C[Te][Mg+]. The van der Waals surface area contributed by atoms with Gasteiger partial charge in [0.1, 0.15) is 0 Å². The Labute approximate surface area is 58.2 Å². The molecule has 0 amide bonds. The molecule has 0 unspecified atom stereocenters. The van der Waals surface area contributed by atoms with Gasteiger partial charge in [0.15, 0.2) is 0 Å². The molecule has 0 atom stereocenters. The molecule has 0 rings (SSSR count). The second-order valence-electron chi connectivity index (χ2n) is 1.36. The Hall–Kier alpha value is 1.30. The normalized spacial score (nSPS) is 8.00. The first-order chi connectivity index (χ1) is 2.77. The number of allylic oxidation sites excluding steroid dienone is 1. The van der Waals surface area contributed by atoms with Gasteiger partial charge in [-0.3, -0.25) is 0 Å². The quantitative estimate of drug-likeness (QED) is 0.555. The molecule has 0 aliphatic heterocycles. The van der Waals surface area contributed by atoms with Crippen LogP contribution in [0.15, 0.2) is 9.70 Å². The van der Waals surface area contributed by atoms with Gasteiger partial charge in [-0.1, -0.05) is 0 Å². The van der Waals surface area contributed by atoms with Crippen molar-refractivity contribution in [3.8, 4) is 0 Å². The van der Waals surface area contributed by atoms with E-state index in [2.05, 4.69) is 35.9 Å². The van der Waals surface area contributed by atoms with E-state index in [9.17, 15) is 0 Å². The summed E-state index contributed by atoms with van der Waals surface area (Å²) in [6, 6.07) is 0. The summed E-state index contributed by atoms with van der Waals surface area (Å²) in [4.78, 5) is 0. The van der Waals surface area contributed by atoms with Crippen LogP contribution in [0, 0.1) is 0 Å². The number of hydrogen-bond acceptors (Lipinski definition) is 0. The molecule has 6 heavy (non-hydrogen) atoms. The molecule has 0 bridgehead atoms. The minimum absolute atomic E-state index is 0.294. The van der Waals surface area contributed by atoms with Crippen LogP contribution in [0.4, 0.5) is 0 Å². The average Bonchev–Trinajstić information content (AvgIpc) is 1.35. The Morgan fingerprint density at radius 2 is 2.17 bits per heavy atom. The fourth-order valence-electron chi connectivity index (χ4n) is 0.167. The van der Waals surface area contributed by atoms with Gasteiger partial charge in [-0.25, -0.2) is 0 Å². The van der Waals surface area contributed by atoms with Gasteiger partial charge < -0.3 is 0 Å². The molecular weight excluding hydrogens is 200 g/mol. The Kier molecular flexibility index (Phi) is 5.42. The van der Waals surface area contributed by atoms with E-state index in [1.54, 1.807) is 0 Å². The Morgan fingerprint density at radius 3 is 2.17 bits per heavy atom. The third-order valence-electron chi connectivity index (χ3n) is 0.319. The second kappa shape index (κ2) is 4.45. The van der Waals surface area contributed by atoms with E-state index in [-0.39, 0.29) is 0 Å². The fraction of sp³-hybridized carbons (Fsp3) is 0.500. The number of hydrogen-bond donors (Lipinski definition) is 0. The van der Waals surface area contributed by atoms with E-state index in [0.29, 0.717) is 17.2 Å². The Morgan fingerprint density at radius 1 is 1.67 bits per heavy atom. The molecule has 0 spiro atoms. The van der Waals surface area contributed by atoms with E-state index in [4.69, 9.17) is 0 Å². The zero-order valence-electron chi connectivity index (χ0n) is 4.19. The molecule has 0 aliphatic rings. The molecule has 0 saturated carbocycles. The zero-order valence-corrected chi connectivity index (χ0v) is 7.94. The standard InChI is InChI=1S/C4H8Te.Mg/c1-4(2)3-5;/h3,5H,1-2H3;/q;+2/p-1. The predicted octanol–water partition coefficient (Wildman–Crippen LogP) is 0.698. The fourth-order valence-corrected chi connectivity index (χ4v) is 3.35. The van der Waals surface area contributed by atoms with E-state index in [1.807, 2.05) is 0 Å². The maximum atomic E-state index is 2.35. The van der Waals surface area contributed by atoms with E-state index in [0.717, 1.165) is 0 Å². The van der Waals surface area contributed by atoms with Crippen LogP contribution in [0.2, 0.25) is 0 Å². The van der Waals surface area contributed by atoms with Crippen molar-refractivity contribution in [2.45, 2.75) is 13.8 Å². The van der Waals surface area contributed by atoms with E-state index in [1.165, 1.54) is 5.57 Å². The molecule has 0 aromatic rings. The van der Waals surface area contributed by atoms with Crippen LogP contribution < -0.4 is 0 Å². The third kappa shape index (κ3) is 5.30. The van der Waals surface area contributed by atoms with Gasteiger partial charge >= 0.3 is 58.7 Å². The third-order valence-corrected chi connectivity index (χ3v) is 3.26. The van der Waals surface area contributed by atoms with Crippen LogP contribution in [0.1, 0.15) is 13.8 Å². The molecular formula is C4H7MgTe+. The summed E-state index contributed by atoms with van der Waals surface area (Å²) in [5.41, 5.74) is 1.48. The van der Waals surface area contributed by atoms with Crippen LogP contribution in [0.5, 0.6) is 0 Å². The van der Waals surface area contributed by atoms with Gasteiger partial charge in [0.05, 0.1) is 0 Å². The first kappa shape index (κ1) is 7.30. The summed E-state index contributed by atoms with van der Waals surface area (Å²) in [6.45, 7) is 4.30. The molecule has 0 N–H and O–H groups in total. The van der Waals surface area contributed by atoms with Gasteiger partial charge in [-0.15, -0.1) is 0 Å². The predicted molar refractivity (Wildman–Crippen MR) is 30.9 cm³/mol. The van der Waals surface area contributed by atoms with Crippen molar-refractivity contribution in [2.75, 3.05) is 0 Å². The molecule has 0 radical (unpaired) electrons. The van der Waals surface area contributed by atoms with Gasteiger partial charge in [-0.05, 0) is 0 Å². The molecule has 30 valence electrons. The maximum absolute atomic E-state index is 2.35. The zero-order chi connectivity index (χ0) is 4.99. The summed E-state index contributed by atoms with van der Waals surface area (Å²) in [7, 11) is 0. The summed E-state index contributed by atoms with van der Waals surface area (Å²) in [6.07, 6.45) is 0. The topological polar surface area (TPSA) is 0 Å². The van der Waals surface area contributed by atoms with Crippen molar-refractivity contribution in [2.24, 2.45) is 0 Å². The van der Waals surface area contributed by atoms with Crippen molar-refractivity contribution in [1.82, 2.24) is 0 Å². The summed E-state index contributed by atoms with van der Waals surface area (Å²) in [5, 5.41) is 0. The molecule has 0 aromatic carbocycles.